The fraction of sp³-hybridized carbons (Fsp3) is 0.727. The first kappa shape index (κ1) is 33.7. The fourth-order valence-electron chi connectivity index (χ4n) is 6.57. The highest BCUT2D eigenvalue weighted by Crippen LogP contribution is 2.30. The molecule has 0 spiro atoms. The first-order valence-electron chi connectivity index (χ1n) is 16.3. The molecule has 1 amide bonds. The van der Waals surface area contributed by atoms with Gasteiger partial charge in [-0.3, -0.25) is 14.5 Å². The summed E-state index contributed by atoms with van der Waals surface area (Å²) < 4.78 is 12.0. The number of likely N-dealkylation sites (tertiary alicyclic amines) is 1. The molecule has 1 aromatic heterocycles. The highest BCUT2D eigenvalue weighted by atomic mass is 16.6. The van der Waals surface area contributed by atoms with Crippen LogP contribution in [-0.4, -0.2) is 94.4 Å². The lowest BCUT2D eigenvalue weighted by atomic mass is 9.81. The van der Waals surface area contributed by atoms with Gasteiger partial charge in [0.15, 0.2) is 11.6 Å². The standard InChI is InChI=1S/C33H52N6O5/c1-8-12-25(30(41)24-14-9-10-15-26(24)40)29(34)31-35-27(17-28(36-31)43-20-23-13-11-16-37(23)7)38-18-21(2)39(22(3)19-38)32(42)44-33(4,5)6/h17,21-24H,8-16,18-20,34H2,1-7H3/b29-25-/t21-,22?,23?,24?/m0/s1. The first-order valence-corrected chi connectivity index (χ1v) is 16.3. The number of likely N-dealkylation sites (N-methyl/N-ethyl adjacent to an activating group) is 1. The van der Waals surface area contributed by atoms with Crippen LogP contribution in [0.4, 0.5) is 10.6 Å². The molecule has 44 heavy (non-hydrogen) atoms. The van der Waals surface area contributed by atoms with Crippen molar-refractivity contribution in [1.82, 2.24) is 19.8 Å². The first-order chi connectivity index (χ1) is 20.8. The maximum atomic E-state index is 13.7. The lowest BCUT2D eigenvalue weighted by Crippen LogP contribution is -2.59. The van der Waals surface area contributed by atoms with Crippen LogP contribution in [0.3, 0.4) is 0 Å². The molecule has 3 heterocycles. The maximum absolute atomic E-state index is 13.7. The molecular formula is C33H52N6O5. The molecule has 4 rings (SSSR count). The van der Waals surface area contributed by atoms with Crippen molar-refractivity contribution in [1.29, 1.82) is 0 Å². The minimum absolute atomic E-state index is 0.00661. The maximum Gasteiger partial charge on any atom is 0.410 e. The van der Waals surface area contributed by atoms with Crippen LogP contribution >= 0.6 is 0 Å². The lowest BCUT2D eigenvalue weighted by Gasteiger charge is -2.44. The van der Waals surface area contributed by atoms with Crippen LogP contribution in [-0.2, 0) is 14.3 Å². The predicted molar refractivity (Wildman–Crippen MR) is 170 cm³/mol. The van der Waals surface area contributed by atoms with Gasteiger partial charge in [0.2, 0.25) is 5.88 Å². The highest BCUT2D eigenvalue weighted by Gasteiger charge is 2.37. The third kappa shape index (κ3) is 8.08. The van der Waals surface area contributed by atoms with Gasteiger partial charge in [0.05, 0.1) is 23.7 Å². The summed E-state index contributed by atoms with van der Waals surface area (Å²) in [7, 11) is 2.10. The molecule has 1 aromatic rings. The highest BCUT2D eigenvalue weighted by molar-refractivity contribution is 6.13. The van der Waals surface area contributed by atoms with E-state index in [0.29, 0.717) is 62.7 Å². The monoisotopic (exact) mass is 612 g/mol. The van der Waals surface area contributed by atoms with E-state index in [1.807, 2.05) is 47.6 Å². The van der Waals surface area contributed by atoms with Crippen molar-refractivity contribution in [2.75, 3.05) is 38.2 Å². The molecule has 3 aliphatic rings. The molecule has 4 atom stereocenters. The minimum atomic E-state index is -0.650. The number of aromatic nitrogens is 2. The Morgan fingerprint density at radius 2 is 1.77 bits per heavy atom. The van der Waals surface area contributed by atoms with E-state index in [2.05, 4.69) is 16.8 Å². The lowest BCUT2D eigenvalue weighted by molar-refractivity contribution is -0.132. The second-order valence-corrected chi connectivity index (χ2v) is 13.7. The molecule has 11 nitrogen and oxygen atoms in total. The number of hydrogen-bond acceptors (Lipinski definition) is 10. The Labute approximate surface area is 262 Å². The molecule has 0 aromatic carbocycles. The molecule has 2 N–H and O–H groups in total. The number of rotatable bonds is 9. The number of anilines is 1. The Bertz CT molecular complexity index is 1230. The average Bonchev–Trinajstić information content (AvgIpc) is 3.37. The van der Waals surface area contributed by atoms with Gasteiger partial charge in [-0.2, -0.15) is 4.98 Å². The van der Waals surface area contributed by atoms with Gasteiger partial charge in [0, 0.05) is 37.2 Å². The zero-order chi connectivity index (χ0) is 32.2. The van der Waals surface area contributed by atoms with Crippen molar-refractivity contribution in [3.8, 4) is 5.88 Å². The summed E-state index contributed by atoms with van der Waals surface area (Å²) in [5.41, 5.74) is 6.76. The summed E-state index contributed by atoms with van der Waals surface area (Å²) in [6.07, 6.45) is 5.64. The molecule has 244 valence electrons. The number of hydrogen-bond donors (Lipinski definition) is 1. The second-order valence-electron chi connectivity index (χ2n) is 13.7. The minimum Gasteiger partial charge on any atom is -0.476 e. The van der Waals surface area contributed by atoms with E-state index >= 15 is 0 Å². The zero-order valence-corrected chi connectivity index (χ0v) is 27.7. The van der Waals surface area contributed by atoms with Gasteiger partial charge in [-0.15, -0.1) is 0 Å². The van der Waals surface area contributed by atoms with Crippen LogP contribution < -0.4 is 15.4 Å². The predicted octanol–water partition coefficient (Wildman–Crippen LogP) is 4.58. The number of Topliss-reactive ketones (excluding diaryl/α,β-unsaturated/α-hetero) is 2. The number of nitrogens with two attached hydrogens (primary N) is 1. The Morgan fingerprint density at radius 3 is 2.36 bits per heavy atom. The van der Waals surface area contributed by atoms with E-state index in [9.17, 15) is 14.4 Å². The van der Waals surface area contributed by atoms with E-state index in [0.717, 1.165) is 32.2 Å². The molecule has 1 saturated carbocycles. The Hall–Kier alpha value is -3.21. The number of ketones is 2. The van der Waals surface area contributed by atoms with E-state index in [1.54, 1.807) is 4.90 Å². The molecule has 0 radical (unpaired) electrons. The van der Waals surface area contributed by atoms with Gasteiger partial charge >= 0.3 is 6.09 Å². The van der Waals surface area contributed by atoms with Gasteiger partial charge in [0.1, 0.15) is 23.8 Å². The number of ether oxygens (including phenoxy) is 2. The Morgan fingerprint density at radius 1 is 1.07 bits per heavy atom. The van der Waals surface area contributed by atoms with Crippen molar-refractivity contribution < 1.29 is 23.9 Å². The van der Waals surface area contributed by atoms with Crippen molar-refractivity contribution in [2.45, 2.75) is 117 Å². The van der Waals surface area contributed by atoms with Crippen LogP contribution in [0.1, 0.15) is 98.7 Å². The molecule has 0 bridgehead atoms. The molecule has 1 aliphatic carbocycles. The van der Waals surface area contributed by atoms with Gasteiger partial charge in [-0.1, -0.05) is 19.8 Å². The number of piperazine rings is 1. The topological polar surface area (TPSA) is 131 Å². The number of carbonyl (C=O) groups is 3. The van der Waals surface area contributed by atoms with Crippen LogP contribution in [0.15, 0.2) is 11.6 Å². The molecule has 3 fully saturated rings. The van der Waals surface area contributed by atoms with Gasteiger partial charge < -0.3 is 25.0 Å². The number of carbonyl (C=O) groups excluding carboxylic acids is 3. The van der Waals surface area contributed by atoms with E-state index < -0.39 is 11.5 Å². The Kier molecular flexibility index (Phi) is 10.9. The van der Waals surface area contributed by atoms with Crippen LogP contribution in [0, 0.1) is 5.92 Å². The largest absolute Gasteiger partial charge is 0.476 e. The van der Waals surface area contributed by atoms with E-state index in [-0.39, 0.29) is 47.3 Å². The number of allylic oxidation sites excluding steroid dienone is 1. The quantitative estimate of drug-likeness (QED) is 0.312. The van der Waals surface area contributed by atoms with Crippen LogP contribution in [0.25, 0.3) is 5.70 Å². The summed E-state index contributed by atoms with van der Waals surface area (Å²) >= 11 is 0. The van der Waals surface area contributed by atoms with Crippen molar-refractivity contribution in [3.63, 3.8) is 0 Å². The number of nitrogens with zero attached hydrogens (tertiary/aromatic N) is 5. The third-order valence-electron chi connectivity index (χ3n) is 8.87. The van der Waals surface area contributed by atoms with Gasteiger partial charge in [0.25, 0.3) is 0 Å². The van der Waals surface area contributed by atoms with Crippen molar-refractivity contribution in [2.24, 2.45) is 11.7 Å². The normalized spacial score (nSPS) is 25.6. The molecule has 3 unspecified atom stereocenters. The van der Waals surface area contributed by atoms with Crippen LogP contribution in [0.2, 0.25) is 0 Å². The summed E-state index contributed by atoms with van der Waals surface area (Å²) in [6.45, 7) is 14.1. The number of amides is 1. The average molecular weight is 613 g/mol. The smallest absolute Gasteiger partial charge is 0.410 e. The molecule has 2 saturated heterocycles. The molecular weight excluding hydrogens is 560 g/mol. The van der Waals surface area contributed by atoms with Gasteiger partial charge in [-0.05, 0) is 80.3 Å². The van der Waals surface area contributed by atoms with Gasteiger partial charge in [-0.25, -0.2) is 9.78 Å². The van der Waals surface area contributed by atoms with Crippen molar-refractivity contribution >= 4 is 29.2 Å². The summed E-state index contributed by atoms with van der Waals surface area (Å²) in [5.74, 6) is 0.377. The fourth-order valence-corrected chi connectivity index (χ4v) is 6.57. The van der Waals surface area contributed by atoms with E-state index in [4.69, 9.17) is 25.2 Å². The Balaban J connectivity index is 1.67. The zero-order valence-electron chi connectivity index (χ0n) is 27.7. The summed E-state index contributed by atoms with van der Waals surface area (Å²) in [6, 6.07) is 1.81. The van der Waals surface area contributed by atoms with Crippen LogP contribution in [0.5, 0.6) is 5.88 Å². The SMILES string of the molecule is CCC/C(C(=O)C1CCCCC1=O)=C(/N)c1nc(OCC2CCCN2C)cc(N2CC(C)N(C(=O)OC(C)(C)C)[C@@H](C)C2)n1. The van der Waals surface area contributed by atoms with E-state index in [1.165, 1.54) is 0 Å². The summed E-state index contributed by atoms with van der Waals surface area (Å²) in [5, 5.41) is 0. The second kappa shape index (κ2) is 14.3. The van der Waals surface area contributed by atoms with Crippen molar-refractivity contribution in [3.05, 3.63) is 17.5 Å². The summed E-state index contributed by atoms with van der Waals surface area (Å²) in [4.78, 5) is 55.2. The third-order valence-corrected chi connectivity index (χ3v) is 8.87. The molecule has 2 aliphatic heterocycles. The molecule has 11 heteroatoms.